The summed E-state index contributed by atoms with van der Waals surface area (Å²) in [6, 6.07) is 5.31. The molecule has 122 valence electrons. The molecule has 0 atom stereocenters. The smallest absolute Gasteiger partial charge is 0.158 e. The molecule has 0 spiro atoms. The molecule has 1 N–H and O–H groups in total. The molecular formula is C16H18ClN4O2-. The zero-order chi connectivity index (χ0) is 16.7. The Balaban J connectivity index is 2.10. The van der Waals surface area contributed by atoms with Crippen LogP contribution in [0.4, 0.5) is 0 Å². The second kappa shape index (κ2) is 8.57. The first-order valence-electron chi connectivity index (χ1n) is 7.07. The van der Waals surface area contributed by atoms with Crippen LogP contribution in [-0.2, 0) is 9.47 Å². The SMILES string of the molecule is COC(CCN/C=C(\C=[N-])c1cnc2ccc(Cl)nc2c1)OC. The lowest BCUT2D eigenvalue weighted by molar-refractivity contribution is -0.105. The molecule has 6 nitrogen and oxygen atoms in total. The number of nitrogens with zero attached hydrogens (tertiary/aromatic N) is 3. The van der Waals surface area contributed by atoms with Gasteiger partial charge in [-0.25, -0.2) is 4.98 Å². The van der Waals surface area contributed by atoms with Crippen LogP contribution >= 0.6 is 11.6 Å². The van der Waals surface area contributed by atoms with E-state index in [4.69, 9.17) is 21.1 Å². The number of fused-ring (bicyclic) bond motifs is 1. The number of pyridine rings is 2. The van der Waals surface area contributed by atoms with Crippen LogP contribution < -0.4 is 5.32 Å². The summed E-state index contributed by atoms with van der Waals surface area (Å²) in [6.45, 7) is 0.634. The van der Waals surface area contributed by atoms with Gasteiger partial charge >= 0.3 is 0 Å². The number of allylic oxidation sites excluding steroid dienone is 1. The van der Waals surface area contributed by atoms with Gasteiger partial charge in [0.15, 0.2) is 6.29 Å². The van der Waals surface area contributed by atoms with Gasteiger partial charge in [0.25, 0.3) is 0 Å². The van der Waals surface area contributed by atoms with Crippen molar-refractivity contribution in [2.45, 2.75) is 12.7 Å². The Kier molecular flexibility index (Phi) is 6.46. The molecule has 0 radical (unpaired) electrons. The molecule has 0 aromatic carbocycles. The Morgan fingerprint density at radius 3 is 2.83 bits per heavy atom. The molecule has 2 rings (SSSR count). The molecule has 7 heteroatoms. The minimum absolute atomic E-state index is 0.258. The molecule has 0 bridgehead atoms. The van der Waals surface area contributed by atoms with E-state index in [1.165, 1.54) is 0 Å². The van der Waals surface area contributed by atoms with E-state index in [2.05, 4.69) is 15.3 Å². The maximum atomic E-state index is 9.45. The van der Waals surface area contributed by atoms with E-state index in [1.807, 2.05) is 6.07 Å². The van der Waals surface area contributed by atoms with Gasteiger partial charge in [0.05, 0.1) is 11.0 Å². The van der Waals surface area contributed by atoms with E-state index in [9.17, 15) is 5.41 Å². The van der Waals surface area contributed by atoms with Crippen molar-refractivity contribution in [3.63, 3.8) is 0 Å². The highest BCUT2D eigenvalue weighted by atomic mass is 35.5. The number of nitrogens with one attached hydrogen (secondary N) is 1. The molecule has 0 fully saturated rings. The van der Waals surface area contributed by atoms with Gasteiger partial charge in [0.2, 0.25) is 0 Å². The minimum Gasteiger partial charge on any atom is -0.810 e. The average Bonchev–Trinajstić information content (AvgIpc) is 2.57. The third-order valence-corrected chi connectivity index (χ3v) is 3.49. The van der Waals surface area contributed by atoms with Gasteiger partial charge < -0.3 is 20.2 Å². The van der Waals surface area contributed by atoms with Gasteiger partial charge in [-0.1, -0.05) is 11.6 Å². The average molecular weight is 334 g/mol. The van der Waals surface area contributed by atoms with E-state index in [1.54, 1.807) is 38.7 Å². The quantitative estimate of drug-likeness (QED) is 0.348. The van der Waals surface area contributed by atoms with Crippen LogP contribution in [0, 0.1) is 0 Å². The van der Waals surface area contributed by atoms with Gasteiger partial charge in [-0.15, -0.1) is 0 Å². The summed E-state index contributed by atoms with van der Waals surface area (Å²) in [5, 5.41) is 13.0. The van der Waals surface area contributed by atoms with Crippen molar-refractivity contribution >= 4 is 34.4 Å². The normalized spacial score (nSPS) is 11.9. The molecule has 0 aliphatic carbocycles. The fraction of sp³-hybridized carbons (Fsp3) is 0.312. The van der Waals surface area contributed by atoms with Crippen molar-refractivity contribution in [3.8, 4) is 0 Å². The summed E-state index contributed by atoms with van der Waals surface area (Å²) in [7, 11) is 3.19. The number of methoxy groups -OCH3 is 2. The number of halogens is 1. The molecule has 2 heterocycles. The van der Waals surface area contributed by atoms with Gasteiger partial charge in [-0.3, -0.25) is 4.98 Å². The van der Waals surface area contributed by atoms with Crippen molar-refractivity contribution in [2.75, 3.05) is 20.8 Å². The molecular weight excluding hydrogens is 316 g/mol. The van der Waals surface area contributed by atoms with Crippen LogP contribution in [0.3, 0.4) is 0 Å². The monoisotopic (exact) mass is 333 g/mol. The van der Waals surface area contributed by atoms with Gasteiger partial charge in [0.1, 0.15) is 5.15 Å². The fourth-order valence-corrected chi connectivity index (χ4v) is 2.20. The summed E-state index contributed by atoms with van der Waals surface area (Å²) >= 11 is 5.90. The molecule has 0 aliphatic heterocycles. The van der Waals surface area contributed by atoms with Crippen LogP contribution in [0.25, 0.3) is 22.0 Å². The van der Waals surface area contributed by atoms with E-state index < -0.39 is 0 Å². The first kappa shape index (κ1) is 17.3. The summed E-state index contributed by atoms with van der Waals surface area (Å²) in [6.07, 6.45) is 4.81. The summed E-state index contributed by atoms with van der Waals surface area (Å²) in [5.74, 6) is 0. The maximum absolute atomic E-state index is 9.45. The maximum Gasteiger partial charge on any atom is 0.158 e. The number of aromatic nitrogens is 2. The predicted molar refractivity (Wildman–Crippen MR) is 92.4 cm³/mol. The Bertz CT molecular complexity index is 702. The Morgan fingerprint density at radius 2 is 2.13 bits per heavy atom. The molecule has 2 aromatic heterocycles. The Morgan fingerprint density at radius 1 is 1.35 bits per heavy atom. The lowest BCUT2D eigenvalue weighted by Gasteiger charge is -2.13. The van der Waals surface area contributed by atoms with E-state index >= 15 is 0 Å². The third-order valence-electron chi connectivity index (χ3n) is 3.28. The number of hydrogen-bond acceptors (Lipinski definition) is 5. The standard InChI is InChI=1S/C16H18ClN4O2/c1-22-16(23-2)5-6-19-9-12(8-18)11-7-14-13(20-10-11)3-4-15(17)21-14/h3-4,7-10,16,19H,5-6H2,1-2H3/q-1/b12-9+. The molecule has 23 heavy (non-hydrogen) atoms. The van der Waals surface area contributed by atoms with Gasteiger partial charge in [-0.2, -0.15) is 6.21 Å². The largest absolute Gasteiger partial charge is 0.810 e. The topological polar surface area (TPSA) is 78.6 Å². The fourth-order valence-electron chi connectivity index (χ4n) is 2.05. The lowest BCUT2D eigenvalue weighted by Crippen LogP contribution is -2.20. The summed E-state index contributed by atoms with van der Waals surface area (Å²) < 4.78 is 10.2. The molecule has 0 aliphatic rings. The van der Waals surface area contributed by atoms with Crippen LogP contribution in [0.15, 0.2) is 30.6 Å². The van der Waals surface area contributed by atoms with E-state index in [0.717, 1.165) is 17.3 Å². The predicted octanol–water partition coefficient (Wildman–Crippen LogP) is 2.86. The molecule has 0 amide bonds. The first-order chi connectivity index (χ1) is 11.2. The van der Waals surface area contributed by atoms with Crippen molar-refractivity contribution in [1.29, 1.82) is 0 Å². The number of rotatable bonds is 8. The van der Waals surface area contributed by atoms with Crippen molar-refractivity contribution in [1.82, 2.24) is 15.3 Å². The molecule has 0 unspecified atom stereocenters. The second-order valence-electron chi connectivity index (χ2n) is 4.77. The Labute approximate surface area is 140 Å². The van der Waals surface area contributed by atoms with Crippen LogP contribution in [0.1, 0.15) is 12.0 Å². The Hall–Kier alpha value is -2.02. The summed E-state index contributed by atoms with van der Waals surface area (Å²) in [5.41, 5.74) is 2.73. The van der Waals surface area contributed by atoms with Crippen LogP contribution in [0.2, 0.25) is 5.15 Å². The zero-order valence-corrected chi connectivity index (χ0v) is 13.7. The summed E-state index contributed by atoms with van der Waals surface area (Å²) in [4.78, 5) is 8.53. The van der Waals surface area contributed by atoms with Crippen molar-refractivity contribution < 1.29 is 9.47 Å². The third kappa shape index (κ3) is 4.72. The zero-order valence-electron chi connectivity index (χ0n) is 13.0. The highest BCUT2D eigenvalue weighted by Crippen LogP contribution is 2.18. The highest BCUT2D eigenvalue weighted by molar-refractivity contribution is 6.29. The first-order valence-corrected chi connectivity index (χ1v) is 7.45. The van der Waals surface area contributed by atoms with Crippen molar-refractivity contribution in [3.05, 3.63) is 46.7 Å². The molecule has 0 saturated heterocycles. The second-order valence-corrected chi connectivity index (χ2v) is 5.16. The van der Waals surface area contributed by atoms with E-state index in [0.29, 0.717) is 29.2 Å². The van der Waals surface area contributed by atoms with Crippen LogP contribution in [0.5, 0.6) is 0 Å². The van der Waals surface area contributed by atoms with Crippen LogP contribution in [-0.4, -0.2) is 43.2 Å². The molecule has 2 aromatic rings. The van der Waals surface area contributed by atoms with Gasteiger partial charge in [0, 0.05) is 45.1 Å². The van der Waals surface area contributed by atoms with E-state index in [-0.39, 0.29) is 6.29 Å². The number of ether oxygens (including phenoxy) is 2. The lowest BCUT2D eigenvalue weighted by atomic mass is 10.1. The van der Waals surface area contributed by atoms with Crippen molar-refractivity contribution in [2.24, 2.45) is 0 Å². The highest BCUT2D eigenvalue weighted by Gasteiger charge is 2.04. The molecule has 0 saturated carbocycles. The number of hydrogen-bond donors (Lipinski definition) is 1. The minimum atomic E-state index is -0.258. The van der Waals surface area contributed by atoms with Gasteiger partial charge in [-0.05, 0) is 23.8 Å².